The molecule has 2 aromatic heterocycles. The van der Waals surface area contributed by atoms with Crippen molar-refractivity contribution < 1.29 is 13.9 Å². The zero-order valence-corrected chi connectivity index (χ0v) is 16.9. The Labute approximate surface area is 171 Å². The minimum absolute atomic E-state index is 0.0243. The van der Waals surface area contributed by atoms with Crippen LogP contribution in [0.25, 0.3) is 0 Å². The Morgan fingerprint density at radius 1 is 1.28 bits per heavy atom. The maximum atomic E-state index is 13.0. The molecule has 1 amide bonds. The van der Waals surface area contributed by atoms with Crippen molar-refractivity contribution in [2.75, 3.05) is 50.8 Å². The number of nitrogens with one attached hydrogen (secondary N) is 1. The standard InChI is InChI=1S/C21H29N5O3/c1-16-4-5-19(29-16)18(25-9-11-28-12-10-25)13-24-21(27)17-3-2-8-26(15-17)20-14-22-6-7-23-20/h4-7,14,17-18H,2-3,8-13,15H2,1H3,(H,24,27). The van der Waals surface area contributed by atoms with Gasteiger partial charge in [0.2, 0.25) is 5.91 Å². The summed E-state index contributed by atoms with van der Waals surface area (Å²) in [6.45, 7) is 7.15. The first-order valence-electron chi connectivity index (χ1n) is 10.4. The molecule has 0 aromatic carbocycles. The predicted molar refractivity (Wildman–Crippen MR) is 109 cm³/mol. The Morgan fingerprint density at radius 2 is 2.14 bits per heavy atom. The monoisotopic (exact) mass is 399 g/mol. The van der Waals surface area contributed by atoms with Crippen LogP contribution < -0.4 is 10.2 Å². The van der Waals surface area contributed by atoms with Crippen molar-refractivity contribution in [3.63, 3.8) is 0 Å². The highest BCUT2D eigenvalue weighted by atomic mass is 16.5. The zero-order chi connectivity index (χ0) is 20.1. The Hall–Kier alpha value is -2.45. The third kappa shape index (κ3) is 4.94. The number of nitrogens with zero attached hydrogens (tertiary/aromatic N) is 4. The maximum Gasteiger partial charge on any atom is 0.224 e. The second kappa shape index (κ2) is 9.37. The van der Waals surface area contributed by atoms with Gasteiger partial charge in [-0.3, -0.25) is 14.7 Å². The molecule has 156 valence electrons. The van der Waals surface area contributed by atoms with Gasteiger partial charge in [0.1, 0.15) is 17.3 Å². The van der Waals surface area contributed by atoms with Crippen LogP contribution in [-0.2, 0) is 9.53 Å². The number of amides is 1. The molecule has 8 nitrogen and oxygen atoms in total. The van der Waals surface area contributed by atoms with Gasteiger partial charge in [-0.05, 0) is 31.9 Å². The Balaban J connectivity index is 1.38. The van der Waals surface area contributed by atoms with Crippen molar-refractivity contribution in [3.05, 3.63) is 42.2 Å². The first kappa shape index (κ1) is 19.8. The fourth-order valence-electron chi connectivity index (χ4n) is 4.13. The number of hydrogen-bond acceptors (Lipinski definition) is 7. The Bertz CT molecular complexity index is 791. The van der Waals surface area contributed by atoms with Gasteiger partial charge in [-0.15, -0.1) is 0 Å². The molecule has 2 fully saturated rings. The fraction of sp³-hybridized carbons (Fsp3) is 0.571. The van der Waals surface area contributed by atoms with Gasteiger partial charge < -0.3 is 19.4 Å². The number of aromatic nitrogens is 2. The molecular weight excluding hydrogens is 370 g/mol. The number of carbonyl (C=O) groups is 1. The summed E-state index contributed by atoms with van der Waals surface area (Å²) in [7, 11) is 0. The molecule has 2 aliphatic rings. The number of furan rings is 1. The summed E-state index contributed by atoms with van der Waals surface area (Å²) in [5.74, 6) is 2.67. The first-order chi connectivity index (χ1) is 14.2. The summed E-state index contributed by atoms with van der Waals surface area (Å²) in [6, 6.07) is 4.01. The molecule has 2 atom stereocenters. The van der Waals surface area contributed by atoms with E-state index in [-0.39, 0.29) is 17.9 Å². The van der Waals surface area contributed by atoms with Crippen molar-refractivity contribution in [2.45, 2.75) is 25.8 Å². The van der Waals surface area contributed by atoms with Crippen LogP contribution in [0.3, 0.4) is 0 Å². The molecular formula is C21H29N5O3. The molecule has 4 heterocycles. The minimum Gasteiger partial charge on any atom is -0.465 e. The van der Waals surface area contributed by atoms with Crippen LogP contribution in [0.15, 0.2) is 35.1 Å². The maximum absolute atomic E-state index is 13.0. The van der Waals surface area contributed by atoms with E-state index in [0.717, 1.165) is 49.8 Å². The third-order valence-corrected chi connectivity index (χ3v) is 5.71. The van der Waals surface area contributed by atoms with Gasteiger partial charge in [0.05, 0.1) is 31.4 Å². The van der Waals surface area contributed by atoms with Crippen LogP contribution in [0.4, 0.5) is 5.82 Å². The lowest BCUT2D eigenvalue weighted by molar-refractivity contribution is -0.125. The highest BCUT2D eigenvalue weighted by Crippen LogP contribution is 2.25. The van der Waals surface area contributed by atoms with Gasteiger partial charge in [0, 0.05) is 45.1 Å². The zero-order valence-electron chi connectivity index (χ0n) is 16.9. The number of anilines is 1. The molecule has 4 rings (SSSR count). The lowest BCUT2D eigenvalue weighted by Crippen LogP contribution is -2.47. The molecule has 2 aromatic rings. The van der Waals surface area contributed by atoms with Gasteiger partial charge >= 0.3 is 0 Å². The van der Waals surface area contributed by atoms with Gasteiger partial charge in [0.25, 0.3) is 0 Å². The van der Waals surface area contributed by atoms with E-state index in [0.29, 0.717) is 26.3 Å². The fourth-order valence-corrected chi connectivity index (χ4v) is 4.13. The van der Waals surface area contributed by atoms with Gasteiger partial charge in [-0.25, -0.2) is 4.98 Å². The van der Waals surface area contributed by atoms with Crippen LogP contribution in [0, 0.1) is 12.8 Å². The Morgan fingerprint density at radius 3 is 2.86 bits per heavy atom. The average molecular weight is 399 g/mol. The van der Waals surface area contributed by atoms with Crippen LogP contribution in [0.5, 0.6) is 0 Å². The summed E-state index contributed by atoms with van der Waals surface area (Å²) >= 11 is 0. The van der Waals surface area contributed by atoms with Crippen molar-refractivity contribution in [3.8, 4) is 0 Å². The number of hydrogen-bond donors (Lipinski definition) is 1. The lowest BCUT2D eigenvalue weighted by Gasteiger charge is -2.35. The smallest absolute Gasteiger partial charge is 0.224 e. The molecule has 0 radical (unpaired) electrons. The predicted octanol–water partition coefficient (Wildman–Crippen LogP) is 1.78. The van der Waals surface area contributed by atoms with E-state index in [4.69, 9.17) is 9.15 Å². The number of morpholine rings is 1. The number of ether oxygens (including phenoxy) is 1. The molecule has 2 unspecified atom stereocenters. The second-order valence-electron chi connectivity index (χ2n) is 7.71. The summed E-state index contributed by atoms with van der Waals surface area (Å²) < 4.78 is 11.4. The first-order valence-corrected chi connectivity index (χ1v) is 10.4. The van der Waals surface area contributed by atoms with Crippen molar-refractivity contribution in [1.82, 2.24) is 20.2 Å². The quantitative estimate of drug-likeness (QED) is 0.793. The van der Waals surface area contributed by atoms with E-state index in [1.165, 1.54) is 0 Å². The van der Waals surface area contributed by atoms with E-state index < -0.39 is 0 Å². The molecule has 2 aliphatic heterocycles. The number of rotatable bonds is 6. The molecule has 2 saturated heterocycles. The molecule has 0 saturated carbocycles. The Kier molecular flexibility index (Phi) is 6.41. The van der Waals surface area contributed by atoms with Crippen LogP contribution in [0.2, 0.25) is 0 Å². The van der Waals surface area contributed by atoms with E-state index >= 15 is 0 Å². The second-order valence-corrected chi connectivity index (χ2v) is 7.71. The number of carbonyl (C=O) groups excluding carboxylic acids is 1. The molecule has 29 heavy (non-hydrogen) atoms. The van der Waals surface area contributed by atoms with Crippen molar-refractivity contribution in [1.29, 1.82) is 0 Å². The number of aryl methyl sites for hydroxylation is 1. The third-order valence-electron chi connectivity index (χ3n) is 5.71. The SMILES string of the molecule is Cc1ccc(C(CNC(=O)C2CCCN(c3cnccn3)C2)N2CCOCC2)o1. The molecule has 8 heteroatoms. The highest BCUT2D eigenvalue weighted by molar-refractivity contribution is 5.79. The largest absolute Gasteiger partial charge is 0.465 e. The van der Waals surface area contributed by atoms with Crippen LogP contribution in [0.1, 0.15) is 30.4 Å². The topological polar surface area (TPSA) is 83.7 Å². The number of piperidine rings is 1. The minimum atomic E-state index is -0.0468. The molecule has 0 bridgehead atoms. The van der Waals surface area contributed by atoms with Gasteiger partial charge in [-0.2, -0.15) is 0 Å². The van der Waals surface area contributed by atoms with Crippen LogP contribution in [-0.4, -0.2) is 66.7 Å². The van der Waals surface area contributed by atoms with Gasteiger partial charge in [0.15, 0.2) is 0 Å². The summed E-state index contributed by atoms with van der Waals surface area (Å²) in [5, 5.41) is 3.19. The van der Waals surface area contributed by atoms with Gasteiger partial charge in [-0.1, -0.05) is 0 Å². The van der Waals surface area contributed by atoms with Crippen molar-refractivity contribution in [2.24, 2.45) is 5.92 Å². The molecule has 0 aliphatic carbocycles. The highest BCUT2D eigenvalue weighted by Gasteiger charge is 2.29. The average Bonchev–Trinajstić information content (AvgIpc) is 3.21. The van der Waals surface area contributed by atoms with E-state index in [2.05, 4.69) is 25.1 Å². The lowest BCUT2D eigenvalue weighted by atomic mass is 9.97. The molecule has 1 N–H and O–H groups in total. The van der Waals surface area contributed by atoms with Crippen molar-refractivity contribution >= 4 is 11.7 Å². The summed E-state index contributed by atoms with van der Waals surface area (Å²) in [4.78, 5) is 25.9. The van der Waals surface area contributed by atoms with E-state index in [9.17, 15) is 4.79 Å². The summed E-state index contributed by atoms with van der Waals surface area (Å²) in [5.41, 5.74) is 0. The summed E-state index contributed by atoms with van der Waals surface area (Å²) in [6.07, 6.45) is 6.98. The van der Waals surface area contributed by atoms with E-state index in [1.807, 2.05) is 19.1 Å². The van der Waals surface area contributed by atoms with E-state index in [1.54, 1.807) is 18.6 Å². The van der Waals surface area contributed by atoms with Crippen LogP contribution >= 0.6 is 0 Å². The molecule has 0 spiro atoms. The normalized spacial score (nSPS) is 21.7.